The molecule has 0 bridgehead atoms. The summed E-state index contributed by atoms with van der Waals surface area (Å²) in [7, 11) is 0. The lowest BCUT2D eigenvalue weighted by Crippen LogP contribution is -1.88. The minimum absolute atomic E-state index is 0.0888. The fourth-order valence-corrected chi connectivity index (χ4v) is 0.915. The smallest absolute Gasteiger partial charge is 0.269 e. The van der Waals surface area contributed by atoms with E-state index in [0.29, 0.717) is 6.54 Å². The van der Waals surface area contributed by atoms with Crippen molar-refractivity contribution in [3.8, 4) is 0 Å². The van der Waals surface area contributed by atoms with Gasteiger partial charge in [0.05, 0.1) is 11.5 Å². The molecule has 4 nitrogen and oxygen atoms in total. The number of nitro groups is 1. The summed E-state index contributed by atoms with van der Waals surface area (Å²) in [5.41, 5.74) is 0.934. The molecule has 0 heterocycles. The van der Waals surface area contributed by atoms with Crippen molar-refractivity contribution in [2.75, 3.05) is 6.54 Å². The molecule has 1 aromatic rings. The Morgan fingerprint density at radius 1 is 1.43 bits per heavy atom. The SMILES string of the molecule is C=CCN=Cc1ccc([N+](=O)[O-])cc1. The molecule has 4 heteroatoms. The molecule has 0 aliphatic heterocycles. The summed E-state index contributed by atoms with van der Waals surface area (Å²) in [4.78, 5) is 13.9. The summed E-state index contributed by atoms with van der Waals surface area (Å²) in [6.07, 6.45) is 3.34. The molecular formula is C10H10N2O2. The van der Waals surface area contributed by atoms with Gasteiger partial charge in [0, 0.05) is 18.3 Å². The summed E-state index contributed by atoms with van der Waals surface area (Å²) in [5, 5.41) is 10.3. The lowest BCUT2D eigenvalue weighted by atomic mass is 10.2. The van der Waals surface area contributed by atoms with E-state index in [1.54, 1.807) is 24.4 Å². The third kappa shape index (κ3) is 2.82. The summed E-state index contributed by atoms with van der Waals surface area (Å²) >= 11 is 0. The average Bonchev–Trinajstić information content (AvgIpc) is 2.19. The van der Waals surface area contributed by atoms with Crippen LogP contribution in [0.3, 0.4) is 0 Å². The lowest BCUT2D eigenvalue weighted by molar-refractivity contribution is -0.384. The van der Waals surface area contributed by atoms with Gasteiger partial charge >= 0.3 is 0 Å². The highest BCUT2D eigenvalue weighted by Crippen LogP contribution is 2.10. The van der Waals surface area contributed by atoms with Crippen LogP contribution in [0.25, 0.3) is 0 Å². The van der Waals surface area contributed by atoms with Crippen LogP contribution in [0.4, 0.5) is 5.69 Å². The topological polar surface area (TPSA) is 55.5 Å². The average molecular weight is 190 g/mol. The molecule has 14 heavy (non-hydrogen) atoms. The Kier molecular flexibility index (Phi) is 3.55. The molecule has 0 spiro atoms. The zero-order chi connectivity index (χ0) is 10.4. The molecule has 0 aliphatic rings. The number of rotatable bonds is 4. The highest BCUT2D eigenvalue weighted by Gasteiger charge is 2.01. The molecule has 0 N–H and O–H groups in total. The van der Waals surface area contributed by atoms with Crippen molar-refractivity contribution in [3.63, 3.8) is 0 Å². The number of hydrogen-bond acceptors (Lipinski definition) is 3. The van der Waals surface area contributed by atoms with Crippen molar-refractivity contribution >= 4 is 11.9 Å². The Hall–Kier alpha value is -1.97. The first-order valence-electron chi connectivity index (χ1n) is 4.09. The molecule has 72 valence electrons. The van der Waals surface area contributed by atoms with Gasteiger partial charge in [0.15, 0.2) is 0 Å². The first-order valence-corrected chi connectivity index (χ1v) is 4.09. The van der Waals surface area contributed by atoms with E-state index in [1.165, 1.54) is 12.1 Å². The zero-order valence-corrected chi connectivity index (χ0v) is 7.59. The van der Waals surface area contributed by atoms with Gasteiger partial charge in [-0.05, 0) is 17.7 Å². The van der Waals surface area contributed by atoms with Gasteiger partial charge in [-0.2, -0.15) is 0 Å². The second kappa shape index (κ2) is 4.91. The number of nitrogens with zero attached hydrogens (tertiary/aromatic N) is 2. The quantitative estimate of drug-likeness (QED) is 0.316. The molecule has 0 fully saturated rings. The van der Waals surface area contributed by atoms with Gasteiger partial charge in [0.2, 0.25) is 0 Å². The molecule has 0 saturated heterocycles. The Bertz CT molecular complexity index is 355. The van der Waals surface area contributed by atoms with Crippen LogP contribution in [0.2, 0.25) is 0 Å². The highest BCUT2D eigenvalue weighted by molar-refractivity contribution is 5.79. The molecule has 0 atom stereocenters. The van der Waals surface area contributed by atoms with Gasteiger partial charge < -0.3 is 0 Å². The van der Waals surface area contributed by atoms with E-state index in [-0.39, 0.29) is 5.69 Å². The van der Waals surface area contributed by atoms with Crippen LogP contribution in [-0.4, -0.2) is 17.7 Å². The van der Waals surface area contributed by atoms with Crippen LogP contribution < -0.4 is 0 Å². The number of non-ortho nitro benzene ring substituents is 1. The number of nitro benzene ring substituents is 1. The monoisotopic (exact) mass is 190 g/mol. The van der Waals surface area contributed by atoms with E-state index in [2.05, 4.69) is 11.6 Å². The van der Waals surface area contributed by atoms with Crippen LogP contribution >= 0.6 is 0 Å². The summed E-state index contributed by atoms with van der Waals surface area (Å²) in [6.45, 7) is 4.08. The van der Waals surface area contributed by atoms with Gasteiger partial charge in [-0.1, -0.05) is 6.08 Å². The first-order chi connectivity index (χ1) is 6.74. The third-order valence-electron chi connectivity index (χ3n) is 1.58. The first kappa shape index (κ1) is 10.1. The van der Waals surface area contributed by atoms with Crippen molar-refractivity contribution < 1.29 is 4.92 Å². The Labute approximate surface area is 81.7 Å². The van der Waals surface area contributed by atoms with Gasteiger partial charge in [-0.25, -0.2) is 0 Å². The van der Waals surface area contributed by atoms with Crippen molar-refractivity contribution in [1.82, 2.24) is 0 Å². The zero-order valence-electron chi connectivity index (χ0n) is 7.59. The molecule has 0 saturated carbocycles. The maximum absolute atomic E-state index is 10.3. The normalized spacial score (nSPS) is 10.3. The van der Waals surface area contributed by atoms with Crippen LogP contribution in [0.5, 0.6) is 0 Å². The highest BCUT2D eigenvalue weighted by atomic mass is 16.6. The van der Waals surface area contributed by atoms with E-state index in [1.807, 2.05) is 0 Å². The van der Waals surface area contributed by atoms with Crippen LogP contribution in [0.1, 0.15) is 5.56 Å². The minimum atomic E-state index is -0.426. The Morgan fingerprint density at radius 2 is 2.07 bits per heavy atom. The van der Waals surface area contributed by atoms with E-state index in [0.717, 1.165) is 5.56 Å². The molecule has 1 aromatic carbocycles. The molecule has 1 rings (SSSR count). The fourth-order valence-electron chi connectivity index (χ4n) is 0.915. The maximum Gasteiger partial charge on any atom is 0.269 e. The lowest BCUT2D eigenvalue weighted by Gasteiger charge is -1.92. The molecule has 0 aromatic heterocycles. The van der Waals surface area contributed by atoms with Gasteiger partial charge in [-0.3, -0.25) is 15.1 Å². The van der Waals surface area contributed by atoms with E-state index in [9.17, 15) is 10.1 Å². The van der Waals surface area contributed by atoms with Crippen LogP contribution in [0.15, 0.2) is 41.9 Å². The van der Waals surface area contributed by atoms with Gasteiger partial charge in [0.1, 0.15) is 0 Å². The van der Waals surface area contributed by atoms with Gasteiger partial charge in [0.25, 0.3) is 5.69 Å². The van der Waals surface area contributed by atoms with E-state index < -0.39 is 4.92 Å². The van der Waals surface area contributed by atoms with Crippen LogP contribution in [0, 0.1) is 10.1 Å². The number of benzene rings is 1. The molecule has 0 amide bonds. The van der Waals surface area contributed by atoms with Gasteiger partial charge in [-0.15, -0.1) is 6.58 Å². The van der Waals surface area contributed by atoms with Crippen molar-refractivity contribution in [1.29, 1.82) is 0 Å². The number of hydrogen-bond donors (Lipinski definition) is 0. The standard InChI is InChI=1S/C10H10N2O2/c1-2-7-11-8-9-3-5-10(6-4-9)12(13)14/h2-6,8H,1,7H2. The van der Waals surface area contributed by atoms with Crippen molar-refractivity contribution in [2.24, 2.45) is 4.99 Å². The maximum atomic E-state index is 10.3. The minimum Gasteiger partial charge on any atom is -0.288 e. The molecule has 0 unspecified atom stereocenters. The molecule has 0 aliphatic carbocycles. The van der Waals surface area contributed by atoms with Crippen molar-refractivity contribution in [3.05, 3.63) is 52.6 Å². The predicted molar refractivity (Wildman–Crippen MR) is 55.8 cm³/mol. The second-order valence-electron chi connectivity index (χ2n) is 2.63. The van der Waals surface area contributed by atoms with Crippen LogP contribution in [-0.2, 0) is 0 Å². The van der Waals surface area contributed by atoms with E-state index in [4.69, 9.17) is 0 Å². The van der Waals surface area contributed by atoms with Crippen molar-refractivity contribution in [2.45, 2.75) is 0 Å². The predicted octanol–water partition coefficient (Wildman–Crippen LogP) is 2.20. The number of aliphatic imine (C=N–C) groups is 1. The Morgan fingerprint density at radius 3 is 2.57 bits per heavy atom. The van der Waals surface area contributed by atoms with E-state index >= 15 is 0 Å². The summed E-state index contributed by atoms with van der Waals surface area (Å²) in [6, 6.07) is 6.22. The third-order valence-corrected chi connectivity index (χ3v) is 1.58. The largest absolute Gasteiger partial charge is 0.288 e. The molecular weight excluding hydrogens is 180 g/mol. The Balaban J connectivity index is 2.73. The summed E-state index contributed by atoms with van der Waals surface area (Å²) in [5.74, 6) is 0. The molecule has 0 radical (unpaired) electrons. The fraction of sp³-hybridized carbons (Fsp3) is 0.100. The second-order valence-corrected chi connectivity index (χ2v) is 2.63. The summed E-state index contributed by atoms with van der Waals surface area (Å²) < 4.78 is 0.